The van der Waals surface area contributed by atoms with E-state index < -0.39 is 0 Å². The predicted octanol–water partition coefficient (Wildman–Crippen LogP) is 3.36. The van der Waals surface area contributed by atoms with Gasteiger partial charge in [0, 0.05) is 23.8 Å². The number of aromatic nitrogens is 1. The number of ether oxygens (including phenoxy) is 1. The lowest BCUT2D eigenvalue weighted by atomic mass is 10.2. The third-order valence-electron chi connectivity index (χ3n) is 2.34. The molecule has 4 heteroatoms. The van der Waals surface area contributed by atoms with Crippen LogP contribution < -0.4 is 10.1 Å². The van der Waals surface area contributed by atoms with Crippen LogP contribution in [0.15, 0.2) is 42.6 Å². The average molecular weight is 249 g/mol. The van der Waals surface area contributed by atoms with E-state index in [1.54, 1.807) is 18.3 Å². The summed E-state index contributed by atoms with van der Waals surface area (Å²) in [5.41, 5.74) is 1.02. The second-order valence-corrected chi connectivity index (χ2v) is 3.94. The Kier molecular flexibility index (Phi) is 3.83. The zero-order valence-corrected chi connectivity index (χ0v) is 10.2. The summed E-state index contributed by atoms with van der Waals surface area (Å²) in [6.45, 7) is 0.478. The largest absolute Gasteiger partial charge is 0.489 e. The number of benzene rings is 1. The van der Waals surface area contributed by atoms with Gasteiger partial charge in [-0.25, -0.2) is 4.98 Å². The summed E-state index contributed by atoms with van der Waals surface area (Å²) in [6, 6.07) is 11.2. The SMILES string of the molecule is CNc1ncccc1COc1ccc(Cl)cc1. The molecule has 2 aromatic rings. The molecule has 0 bridgehead atoms. The Morgan fingerprint density at radius 1 is 1.24 bits per heavy atom. The molecule has 0 aliphatic rings. The van der Waals surface area contributed by atoms with Crippen molar-refractivity contribution in [3.63, 3.8) is 0 Å². The molecule has 0 radical (unpaired) electrons. The summed E-state index contributed by atoms with van der Waals surface area (Å²) >= 11 is 5.80. The van der Waals surface area contributed by atoms with E-state index in [-0.39, 0.29) is 0 Å². The predicted molar refractivity (Wildman–Crippen MR) is 69.6 cm³/mol. The quantitative estimate of drug-likeness (QED) is 0.901. The van der Waals surface area contributed by atoms with E-state index in [1.165, 1.54) is 0 Å². The highest BCUT2D eigenvalue weighted by Crippen LogP contribution is 2.18. The summed E-state index contributed by atoms with van der Waals surface area (Å²) < 4.78 is 5.65. The van der Waals surface area contributed by atoms with Crippen LogP contribution in [0.2, 0.25) is 5.02 Å². The highest BCUT2D eigenvalue weighted by Gasteiger charge is 2.02. The number of halogens is 1. The Hall–Kier alpha value is -1.74. The molecular weight excluding hydrogens is 236 g/mol. The van der Waals surface area contributed by atoms with E-state index in [2.05, 4.69) is 10.3 Å². The molecule has 0 saturated carbocycles. The number of nitrogens with zero attached hydrogens (tertiary/aromatic N) is 1. The highest BCUT2D eigenvalue weighted by molar-refractivity contribution is 6.30. The molecule has 0 aliphatic carbocycles. The van der Waals surface area contributed by atoms with Gasteiger partial charge in [0.2, 0.25) is 0 Å². The lowest BCUT2D eigenvalue weighted by Crippen LogP contribution is -2.02. The van der Waals surface area contributed by atoms with E-state index in [0.717, 1.165) is 17.1 Å². The molecule has 0 unspecified atom stereocenters. The molecular formula is C13H13ClN2O. The molecule has 1 aromatic carbocycles. The second-order valence-electron chi connectivity index (χ2n) is 3.50. The number of hydrogen-bond donors (Lipinski definition) is 1. The second kappa shape index (κ2) is 5.55. The van der Waals surface area contributed by atoms with Crippen LogP contribution in [-0.4, -0.2) is 12.0 Å². The van der Waals surface area contributed by atoms with Crippen LogP contribution in [0.3, 0.4) is 0 Å². The molecule has 0 aliphatic heterocycles. The van der Waals surface area contributed by atoms with Gasteiger partial charge < -0.3 is 10.1 Å². The maximum atomic E-state index is 5.80. The fourth-order valence-corrected chi connectivity index (χ4v) is 1.60. The molecule has 1 N–H and O–H groups in total. The van der Waals surface area contributed by atoms with Gasteiger partial charge in [0.05, 0.1) is 0 Å². The molecule has 0 saturated heterocycles. The smallest absolute Gasteiger partial charge is 0.132 e. The molecule has 0 atom stereocenters. The minimum Gasteiger partial charge on any atom is -0.489 e. The zero-order chi connectivity index (χ0) is 12.1. The van der Waals surface area contributed by atoms with Crippen LogP contribution >= 0.6 is 11.6 Å². The van der Waals surface area contributed by atoms with E-state index in [1.807, 2.05) is 31.3 Å². The van der Waals surface area contributed by atoms with Gasteiger partial charge >= 0.3 is 0 Å². The first kappa shape index (κ1) is 11.7. The third-order valence-corrected chi connectivity index (χ3v) is 2.59. The van der Waals surface area contributed by atoms with E-state index in [9.17, 15) is 0 Å². The maximum Gasteiger partial charge on any atom is 0.132 e. The van der Waals surface area contributed by atoms with Crippen molar-refractivity contribution in [2.45, 2.75) is 6.61 Å². The van der Waals surface area contributed by atoms with Gasteiger partial charge in [-0.05, 0) is 30.3 Å². The lowest BCUT2D eigenvalue weighted by Gasteiger charge is -2.09. The molecule has 88 valence electrons. The van der Waals surface area contributed by atoms with Crippen LogP contribution in [0.4, 0.5) is 5.82 Å². The first-order valence-electron chi connectivity index (χ1n) is 5.29. The standard InChI is InChI=1S/C13H13ClN2O/c1-15-13-10(3-2-8-16-13)9-17-12-6-4-11(14)5-7-12/h2-8H,9H2,1H3,(H,15,16). The van der Waals surface area contributed by atoms with Crippen molar-refractivity contribution in [1.82, 2.24) is 4.98 Å². The Morgan fingerprint density at radius 2 is 2.00 bits per heavy atom. The Labute approximate surface area is 105 Å². The molecule has 1 heterocycles. The summed E-state index contributed by atoms with van der Waals surface area (Å²) in [6.07, 6.45) is 1.75. The fourth-order valence-electron chi connectivity index (χ4n) is 1.47. The average Bonchev–Trinajstić information content (AvgIpc) is 2.38. The van der Waals surface area contributed by atoms with Crippen molar-refractivity contribution in [2.24, 2.45) is 0 Å². The Morgan fingerprint density at radius 3 is 2.71 bits per heavy atom. The van der Waals surface area contributed by atoms with Gasteiger partial charge in [0.15, 0.2) is 0 Å². The summed E-state index contributed by atoms with van der Waals surface area (Å²) in [4.78, 5) is 4.21. The van der Waals surface area contributed by atoms with Crippen molar-refractivity contribution >= 4 is 17.4 Å². The summed E-state index contributed by atoms with van der Waals surface area (Å²) in [7, 11) is 1.84. The first-order valence-corrected chi connectivity index (χ1v) is 5.67. The van der Waals surface area contributed by atoms with Gasteiger partial charge in [0.1, 0.15) is 18.2 Å². The molecule has 3 nitrogen and oxygen atoms in total. The number of rotatable bonds is 4. The van der Waals surface area contributed by atoms with Crippen LogP contribution in [0, 0.1) is 0 Å². The number of pyridine rings is 1. The van der Waals surface area contributed by atoms with Gasteiger partial charge in [-0.3, -0.25) is 0 Å². The van der Waals surface area contributed by atoms with Gasteiger partial charge in [0.25, 0.3) is 0 Å². The number of anilines is 1. The number of hydrogen-bond acceptors (Lipinski definition) is 3. The maximum absolute atomic E-state index is 5.80. The number of nitrogens with one attached hydrogen (secondary N) is 1. The highest BCUT2D eigenvalue weighted by atomic mass is 35.5. The molecule has 17 heavy (non-hydrogen) atoms. The Bertz CT molecular complexity index is 485. The minimum absolute atomic E-state index is 0.478. The third kappa shape index (κ3) is 3.11. The minimum atomic E-state index is 0.478. The van der Waals surface area contributed by atoms with Crippen LogP contribution in [-0.2, 0) is 6.61 Å². The normalized spacial score (nSPS) is 10.0. The van der Waals surface area contributed by atoms with E-state index >= 15 is 0 Å². The van der Waals surface area contributed by atoms with Crippen LogP contribution in [0.1, 0.15) is 5.56 Å². The van der Waals surface area contributed by atoms with Gasteiger partial charge in [-0.1, -0.05) is 17.7 Å². The summed E-state index contributed by atoms with van der Waals surface area (Å²) in [5, 5.41) is 3.73. The van der Waals surface area contributed by atoms with Gasteiger partial charge in [-0.2, -0.15) is 0 Å². The molecule has 0 amide bonds. The zero-order valence-electron chi connectivity index (χ0n) is 9.48. The van der Waals surface area contributed by atoms with Crippen molar-refractivity contribution < 1.29 is 4.74 Å². The lowest BCUT2D eigenvalue weighted by molar-refractivity contribution is 0.306. The van der Waals surface area contributed by atoms with Crippen molar-refractivity contribution in [1.29, 1.82) is 0 Å². The molecule has 2 rings (SSSR count). The topological polar surface area (TPSA) is 34.2 Å². The van der Waals surface area contributed by atoms with Crippen molar-refractivity contribution in [3.05, 3.63) is 53.2 Å². The van der Waals surface area contributed by atoms with Crippen molar-refractivity contribution in [3.8, 4) is 5.75 Å². The van der Waals surface area contributed by atoms with E-state index in [4.69, 9.17) is 16.3 Å². The molecule has 0 fully saturated rings. The van der Waals surface area contributed by atoms with Crippen molar-refractivity contribution in [2.75, 3.05) is 12.4 Å². The molecule has 1 aromatic heterocycles. The fraction of sp³-hybridized carbons (Fsp3) is 0.154. The summed E-state index contributed by atoms with van der Waals surface area (Å²) in [5.74, 6) is 1.63. The van der Waals surface area contributed by atoms with E-state index in [0.29, 0.717) is 11.6 Å². The van der Waals surface area contributed by atoms with Gasteiger partial charge in [-0.15, -0.1) is 0 Å². The Balaban J connectivity index is 2.04. The monoisotopic (exact) mass is 248 g/mol. The first-order chi connectivity index (χ1) is 8.29. The van der Waals surface area contributed by atoms with Crippen LogP contribution in [0.25, 0.3) is 0 Å². The van der Waals surface area contributed by atoms with Crippen LogP contribution in [0.5, 0.6) is 5.75 Å². The molecule has 0 spiro atoms.